The fourth-order valence-electron chi connectivity index (χ4n) is 2.20. The van der Waals surface area contributed by atoms with E-state index in [4.69, 9.17) is 4.98 Å². The molecule has 0 N–H and O–H groups in total. The SMILES string of the molecule is CC(C)(C)c1cc(C(C)(C)C)c2cc(I)ccc2n1. The van der Waals surface area contributed by atoms with E-state index in [9.17, 15) is 0 Å². The predicted octanol–water partition coefficient (Wildman–Crippen LogP) is 5.43. The minimum absolute atomic E-state index is 0.0805. The first-order chi connectivity index (χ1) is 8.59. The van der Waals surface area contributed by atoms with Gasteiger partial charge in [-0.15, -0.1) is 0 Å². The highest BCUT2D eigenvalue weighted by Gasteiger charge is 2.23. The molecule has 19 heavy (non-hydrogen) atoms. The molecular weight excluding hydrogens is 345 g/mol. The van der Waals surface area contributed by atoms with Crippen molar-refractivity contribution in [3.63, 3.8) is 0 Å². The maximum absolute atomic E-state index is 4.86. The van der Waals surface area contributed by atoms with Crippen LogP contribution in [0, 0.1) is 3.57 Å². The summed E-state index contributed by atoms with van der Waals surface area (Å²) in [5.41, 5.74) is 3.88. The summed E-state index contributed by atoms with van der Waals surface area (Å²) >= 11 is 2.37. The van der Waals surface area contributed by atoms with Crippen molar-refractivity contribution in [1.29, 1.82) is 0 Å². The van der Waals surface area contributed by atoms with Crippen LogP contribution >= 0.6 is 22.6 Å². The number of halogens is 1. The molecule has 2 rings (SSSR count). The van der Waals surface area contributed by atoms with E-state index in [0.717, 1.165) is 5.52 Å². The van der Waals surface area contributed by atoms with Crippen LogP contribution < -0.4 is 0 Å². The van der Waals surface area contributed by atoms with E-state index in [1.54, 1.807) is 0 Å². The summed E-state index contributed by atoms with van der Waals surface area (Å²) in [6.07, 6.45) is 0. The van der Waals surface area contributed by atoms with Gasteiger partial charge in [-0.05, 0) is 57.8 Å². The van der Waals surface area contributed by atoms with Crippen LogP contribution in [0.3, 0.4) is 0 Å². The van der Waals surface area contributed by atoms with E-state index in [0.29, 0.717) is 0 Å². The maximum atomic E-state index is 4.86. The van der Waals surface area contributed by atoms with E-state index >= 15 is 0 Å². The van der Waals surface area contributed by atoms with Gasteiger partial charge in [0.15, 0.2) is 0 Å². The topological polar surface area (TPSA) is 12.9 Å². The van der Waals surface area contributed by atoms with Gasteiger partial charge < -0.3 is 0 Å². The van der Waals surface area contributed by atoms with Crippen LogP contribution in [0.5, 0.6) is 0 Å². The van der Waals surface area contributed by atoms with Gasteiger partial charge in [0.25, 0.3) is 0 Å². The second-order valence-corrected chi connectivity index (χ2v) is 8.46. The molecule has 0 unspecified atom stereocenters. The molecule has 102 valence electrons. The number of hydrogen-bond donors (Lipinski definition) is 0. The number of benzene rings is 1. The Labute approximate surface area is 130 Å². The molecule has 0 bridgehead atoms. The van der Waals surface area contributed by atoms with E-state index < -0.39 is 0 Å². The Morgan fingerprint density at radius 1 is 0.895 bits per heavy atom. The average Bonchev–Trinajstić information content (AvgIpc) is 2.24. The molecule has 1 heterocycles. The average molecular weight is 367 g/mol. The van der Waals surface area contributed by atoms with Gasteiger partial charge in [0, 0.05) is 20.1 Å². The zero-order valence-corrected chi connectivity index (χ0v) is 14.8. The summed E-state index contributed by atoms with van der Waals surface area (Å²) in [7, 11) is 0. The quantitative estimate of drug-likeness (QED) is 0.566. The Morgan fingerprint density at radius 2 is 1.53 bits per heavy atom. The Bertz CT molecular complexity index is 615. The summed E-state index contributed by atoms with van der Waals surface area (Å²) in [6.45, 7) is 13.5. The molecule has 1 aromatic heterocycles. The van der Waals surface area contributed by atoms with Gasteiger partial charge in [-0.3, -0.25) is 4.98 Å². The molecule has 0 saturated carbocycles. The molecular formula is C17H22IN. The molecule has 0 spiro atoms. The first kappa shape index (κ1) is 14.8. The molecule has 0 aliphatic heterocycles. The Kier molecular flexibility index (Phi) is 3.67. The number of aromatic nitrogens is 1. The molecule has 0 fully saturated rings. The second-order valence-electron chi connectivity index (χ2n) is 7.22. The first-order valence-corrected chi connectivity index (χ1v) is 7.78. The van der Waals surface area contributed by atoms with Crippen molar-refractivity contribution in [2.45, 2.75) is 52.4 Å². The lowest BCUT2D eigenvalue weighted by Gasteiger charge is -2.26. The van der Waals surface area contributed by atoms with Gasteiger partial charge in [-0.25, -0.2) is 0 Å². The minimum atomic E-state index is 0.0805. The zero-order chi connectivity index (χ0) is 14.4. The fraction of sp³-hybridized carbons (Fsp3) is 0.471. The van der Waals surface area contributed by atoms with Crippen LogP contribution in [0.1, 0.15) is 52.8 Å². The Morgan fingerprint density at radius 3 is 2.05 bits per heavy atom. The number of hydrogen-bond acceptors (Lipinski definition) is 1. The molecule has 2 heteroatoms. The van der Waals surface area contributed by atoms with Crippen molar-refractivity contribution in [3.8, 4) is 0 Å². The smallest absolute Gasteiger partial charge is 0.0709 e. The van der Waals surface area contributed by atoms with Crippen LogP contribution in [0.4, 0.5) is 0 Å². The maximum Gasteiger partial charge on any atom is 0.0709 e. The predicted molar refractivity (Wildman–Crippen MR) is 91.9 cm³/mol. The van der Waals surface area contributed by atoms with Gasteiger partial charge in [0.1, 0.15) is 0 Å². The normalized spacial score (nSPS) is 13.0. The van der Waals surface area contributed by atoms with Crippen LogP contribution in [0.2, 0.25) is 0 Å². The molecule has 0 aliphatic carbocycles. The molecule has 2 aromatic rings. The first-order valence-electron chi connectivity index (χ1n) is 6.70. The van der Waals surface area contributed by atoms with E-state index in [2.05, 4.69) is 88.4 Å². The molecule has 1 aromatic carbocycles. The van der Waals surface area contributed by atoms with Gasteiger partial charge in [0.2, 0.25) is 0 Å². The van der Waals surface area contributed by atoms with Crippen molar-refractivity contribution in [1.82, 2.24) is 4.98 Å². The fourth-order valence-corrected chi connectivity index (χ4v) is 2.69. The molecule has 1 nitrogen and oxygen atoms in total. The summed E-state index contributed by atoms with van der Waals surface area (Å²) in [5, 5.41) is 1.28. The Hall–Kier alpha value is -0.640. The third-order valence-corrected chi connectivity index (χ3v) is 4.02. The van der Waals surface area contributed by atoms with Gasteiger partial charge >= 0.3 is 0 Å². The third-order valence-electron chi connectivity index (χ3n) is 3.35. The lowest BCUT2D eigenvalue weighted by Crippen LogP contribution is -2.18. The highest BCUT2D eigenvalue weighted by molar-refractivity contribution is 14.1. The third kappa shape index (κ3) is 3.10. The van der Waals surface area contributed by atoms with Crippen molar-refractivity contribution >= 4 is 33.5 Å². The van der Waals surface area contributed by atoms with Crippen LogP contribution in [-0.4, -0.2) is 4.98 Å². The van der Waals surface area contributed by atoms with Crippen molar-refractivity contribution in [3.05, 3.63) is 39.1 Å². The number of fused-ring (bicyclic) bond motifs is 1. The largest absolute Gasteiger partial charge is 0.252 e. The summed E-state index contributed by atoms with van der Waals surface area (Å²) in [6, 6.07) is 8.81. The van der Waals surface area contributed by atoms with Gasteiger partial charge in [-0.1, -0.05) is 41.5 Å². The summed E-state index contributed by atoms with van der Waals surface area (Å²) in [5.74, 6) is 0. The van der Waals surface area contributed by atoms with Crippen molar-refractivity contribution in [2.75, 3.05) is 0 Å². The molecule has 0 saturated heterocycles. The van der Waals surface area contributed by atoms with Gasteiger partial charge in [-0.2, -0.15) is 0 Å². The summed E-state index contributed by atoms with van der Waals surface area (Å²) in [4.78, 5) is 4.86. The number of pyridine rings is 1. The lowest BCUT2D eigenvalue weighted by molar-refractivity contribution is 0.558. The molecule has 0 aliphatic rings. The number of nitrogens with zero attached hydrogens (tertiary/aromatic N) is 1. The lowest BCUT2D eigenvalue weighted by atomic mass is 9.81. The molecule has 0 radical (unpaired) electrons. The van der Waals surface area contributed by atoms with Crippen LogP contribution in [0.15, 0.2) is 24.3 Å². The highest BCUT2D eigenvalue weighted by Crippen LogP contribution is 2.33. The van der Waals surface area contributed by atoms with Crippen LogP contribution in [0.25, 0.3) is 10.9 Å². The van der Waals surface area contributed by atoms with Crippen LogP contribution in [-0.2, 0) is 10.8 Å². The monoisotopic (exact) mass is 367 g/mol. The van der Waals surface area contributed by atoms with E-state index in [1.165, 1.54) is 20.2 Å². The van der Waals surface area contributed by atoms with E-state index in [1.807, 2.05) is 0 Å². The zero-order valence-electron chi connectivity index (χ0n) is 12.6. The van der Waals surface area contributed by atoms with Gasteiger partial charge in [0.05, 0.1) is 5.52 Å². The van der Waals surface area contributed by atoms with E-state index in [-0.39, 0.29) is 10.8 Å². The van der Waals surface area contributed by atoms with Crippen molar-refractivity contribution < 1.29 is 0 Å². The molecule has 0 amide bonds. The molecule has 0 atom stereocenters. The van der Waals surface area contributed by atoms with Crippen molar-refractivity contribution in [2.24, 2.45) is 0 Å². The second kappa shape index (κ2) is 4.72. The minimum Gasteiger partial charge on any atom is -0.252 e. The Balaban J connectivity index is 2.85. The summed E-state index contributed by atoms with van der Waals surface area (Å²) < 4.78 is 1.26. The highest BCUT2D eigenvalue weighted by atomic mass is 127. The number of rotatable bonds is 0. The standard InChI is InChI=1S/C17H22IN/c1-16(2,3)13-10-15(17(4,5)6)19-14-8-7-11(18)9-12(13)14/h7-10H,1-6H3.